The summed E-state index contributed by atoms with van der Waals surface area (Å²) in [5.74, 6) is -0.124. The van der Waals surface area contributed by atoms with Crippen LogP contribution in [0, 0.1) is 0 Å². The first-order valence-electron chi connectivity index (χ1n) is 9.96. The quantitative estimate of drug-likeness (QED) is 0.614. The molecule has 4 rings (SSSR count). The second-order valence-electron chi connectivity index (χ2n) is 7.56. The molecule has 6 nitrogen and oxygen atoms in total. The Morgan fingerprint density at radius 1 is 1.14 bits per heavy atom. The van der Waals surface area contributed by atoms with Gasteiger partial charge in [-0.1, -0.05) is 18.2 Å². The molecule has 0 aliphatic carbocycles. The first-order valence-corrected chi connectivity index (χ1v) is 9.96. The Kier molecular flexibility index (Phi) is 5.34. The SMILES string of the molecule is CC1CCCC(C)N1C(=O)COC(=O)c1cc(-c2ccco2)nc2ccccc12. The lowest BCUT2D eigenvalue weighted by atomic mass is 9.97. The van der Waals surface area contributed by atoms with Crippen LogP contribution in [-0.2, 0) is 9.53 Å². The van der Waals surface area contributed by atoms with Crippen LogP contribution in [0.4, 0.5) is 0 Å². The van der Waals surface area contributed by atoms with E-state index in [1.165, 1.54) is 0 Å². The van der Waals surface area contributed by atoms with Gasteiger partial charge in [0.25, 0.3) is 5.91 Å². The van der Waals surface area contributed by atoms with Crippen molar-refractivity contribution < 1.29 is 18.7 Å². The fourth-order valence-corrected chi connectivity index (χ4v) is 4.09. The van der Waals surface area contributed by atoms with Crippen molar-refractivity contribution in [3.63, 3.8) is 0 Å². The summed E-state index contributed by atoms with van der Waals surface area (Å²) >= 11 is 0. The number of carbonyl (C=O) groups is 2. The van der Waals surface area contributed by atoms with Crippen molar-refractivity contribution in [1.82, 2.24) is 9.88 Å². The van der Waals surface area contributed by atoms with Crippen molar-refractivity contribution in [2.75, 3.05) is 6.61 Å². The number of amides is 1. The monoisotopic (exact) mass is 392 g/mol. The molecule has 1 aromatic carbocycles. The van der Waals surface area contributed by atoms with E-state index in [0.717, 1.165) is 19.3 Å². The number of pyridine rings is 1. The molecule has 150 valence electrons. The third-order valence-corrected chi connectivity index (χ3v) is 5.52. The second kappa shape index (κ2) is 8.07. The van der Waals surface area contributed by atoms with E-state index in [2.05, 4.69) is 4.98 Å². The number of ether oxygens (including phenoxy) is 1. The summed E-state index contributed by atoms with van der Waals surface area (Å²) in [4.78, 5) is 32.0. The number of benzene rings is 1. The van der Waals surface area contributed by atoms with Gasteiger partial charge >= 0.3 is 5.97 Å². The van der Waals surface area contributed by atoms with Gasteiger partial charge in [0, 0.05) is 17.5 Å². The number of piperidine rings is 1. The Labute approximate surface area is 169 Å². The van der Waals surface area contributed by atoms with Crippen LogP contribution < -0.4 is 0 Å². The normalized spacial score (nSPS) is 19.3. The standard InChI is InChI=1S/C23H24N2O4/c1-15-7-5-8-16(2)25(15)22(26)14-29-23(27)18-13-20(21-11-6-12-28-21)24-19-10-4-3-9-17(18)19/h3-4,6,9-13,15-16H,5,7-8,14H2,1-2H3. The number of esters is 1. The average molecular weight is 392 g/mol. The molecule has 6 heteroatoms. The third kappa shape index (κ3) is 3.88. The zero-order chi connectivity index (χ0) is 20.4. The van der Waals surface area contributed by atoms with E-state index < -0.39 is 5.97 Å². The number of rotatable bonds is 4. The molecule has 0 N–H and O–H groups in total. The number of fused-ring (bicyclic) bond motifs is 1. The molecule has 1 fully saturated rings. The predicted molar refractivity (Wildman–Crippen MR) is 109 cm³/mol. The van der Waals surface area contributed by atoms with E-state index in [9.17, 15) is 9.59 Å². The number of furan rings is 1. The minimum Gasteiger partial charge on any atom is -0.463 e. The van der Waals surface area contributed by atoms with Gasteiger partial charge in [-0.15, -0.1) is 0 Å². The highest BCUT2D eigenvalue weighted by atomic mass is 16.5. The van der Waals surface area contributed by atoms with Crippen molar-refractivity contribution in [3.05, 3.63) is 54.3 Å². The molecule has 0 saturated carbocycles. The summed E-state index contributed by atoms with van der Waals surface area (Å²) in [6.07, 6.45) is 4.63. The molecule has 1 saturated heterocycles. The van der Waals surface area contributed by atoms with Crippen molar-refractivity contribution in [1.29, 1.82) is 0 Å². The molecule has 1 aliphatic heterocycles. The summed E-state index contributed by atoms with van der Waals surface area (Å²) in [5, 5.41) is 0.681. The van der Waals surface area contributed by atoms with Crippen molar-refractivity contribution in [3.8, 4) is 11.5 Å². The second-order valence-corrected chi connectivity index (χ2v) is 7.56. The topological polar surface area (TPSA) is 72.6 Å². The summed E-state index contributed by atoms with van der Waals surface area (Å²) in [6, 6.07) is 12.9. The highest BCUT2D eigenvalue weighted by molar-refractivity contribution is 6.05. The number of hydrogen-bond acceptors (Lipinski definition) is 5. The number of hydrogen-bond donors (Lipinski definition) is 0. The van der Waals surface area contributed by atoms with Crippen molar-refractivity contribution >= 4 is 22.8 Å². The van der Waals surface area contributed by atoms with E-state index in [-0.39, 0.29) is 24.6 Å². The minimum atomic E-state index is -0.540. The van der Waals surface area contributed by atoms with Crippen molar-refractivity contribution in [2.45, 2.75) is 45.2 Å². The maximum atomic E-state index is 12.9. The molecule has 0 radical (unpaired) electrons. The fourth-order valence-electron chi connectivity index (χ4n) is 4.09. The Hall–Kier alpha value is -3.15. The summed E-state index contributed by atoms with van der Waals surface area (Å²) < 4.78 is 10.9. The van der Waals surface area contributed by atoms with Gasteiger partial charge in [0.15, 0.2) is 12.4 Å². The lowest BCUT2D eigenvalue weighted by molar-refractivity contribution is -0.140. The van der Waals surface area contributed by atoms with Crippen LogP contribution in [-0.4, -0.2) is 40.5 Å². The van der Waals surface area contributed by atoms with E-state index in [0.29, 0.717) is 27.9 Å². The first kappa shape index (κ1) is 19.2. The molecule has 2 aromatic heterocycles. The van der Waals surface area contributed by atoms with E-state index >= 15 is 0 Å². The summed E-state index contributed by atoms with van der Waals surface area (Å²) in [7, 11) is 0. The number of nitrogens with zero attached hydrogens (tertiary/aromatic N) is 2. The van der Waals surface area contributed by atoms with Gasteiger partial charge in [0.2, 0.25) is 0 Å². The molecule has 1 amide bonds. The van der Waals surface area contributed by atoms with Crippen LogP contribution >= 0.6 is 0 Å². The van der Waals surface area contributed by atoms with Gasteiger partial charge in [-0.2, -0.15) is 0 Å². The maximum Gasteiger partial charge on any atom is 0.339 e. The zero-order valence-corrected chi connectivity index (χ0v) is 16.6. The fraction of sp³-hybridized carbons (Fsp3) is 0.348. The molecule has 0 spiro atoms. The van der Waals surface area contributed by atoms with Gasteiger partial charge < -0.3 is 14.1 Å². The Balaban J connectivity index is 1.57. The molecule has 2 atom stereocenters. The van der Waals surface area contributed by atoms with Crippen molar-refractivity contribution in [2.24, 2.45) is 0 Å². The Morgan fingerprint density at radius 3 is 2.62 bits per heavy atom. The van der Waals surface area contributed by atoms with Crippen LogP contribution in [0.3, 0.4) is 0 Å². The largest absolute Gasteiger partial charge is 0.463 e. The predicted octanol–water partition coefficient (Wildman–Crippen LogP) is 4.44. The van der Waals surface area contributed by atoms with Crippen LogP contribution in [0.15, 0.2) is 53.1 Å². The third-order valence-electron chi connectivity index (χ3n) is 5.52. The van der Waals surface area contributed by atoms with Gasteiger partial charge in [0.05, 0.1) is 17.3 Å². The minimum absolute atomic E-state index is 0.150. The molecular formula is C23H24N2O4. The van der Waals surface area contributed by atoms with E-state index in [1.54, 1.807) is 24.5 Å². The first-order chi connectivity index (χ1) is 14.0. The van der Waals surface area contributed by atoms with E-state index in [4.69, 9.17) is 9.15 Å². The molecule has 3 heterocycles. The average Bonchev–Trinajstić information content (AvgIpc) is 3.26. The van der Waals surface area contributed by atoms with Gasteiger partial charge in [-0.25, -0.2) is 9.78 Å². The molecule has 2 unspecified atom stereocenters. The Morgan fingerprint density at radius 2 is 1.90 bits per heavy atom. The number of carbonyl (C=O) groups excluding carboxylic acids is 2. The smallest absolute Gasteiger partial charge is 0.339 e. The van der Waals surface area contributed by atoms with Crippen LogP contribution in [0.1, 0.15) is 43.5 Å². The van der Waals surface area contributed by atoms with Crippen LogP contribution in [0.25, 0.3) is 22.4 Å². The van der Waals surface area contributed by atoms with Gasteiger partial charge in [-0.05, 0) is 57.4 Å². The summed E-state index contributed by atoms with van der Waals surface area (Å²) in [5.41, 5.74) is 1.58. The van der Waals surface area contributed by atoms with Gasteiger partial charge in [0.1, 0.15) is 5.69 Å². The number of likely N-dealkylation sites (tertiary alicyclic amines) is 1. The summed E-state index contributed by atoms with van der Waals surface area (Å²) in [6.45, 7) is 3.82. The van der Waals surface area contributed by atoms with Crippen LogP contribution in [0.5, 0.6) is 0 Å². The molecular weight excluding hydrogens is 368 g/mol. The number of aromatic nitrogens is 1. The molecule has 0 bridgehead atoms. The maximum absolute atomic E-state index is 12.9. The molecule has 1 aliphatic rings. The van der Waals surface area contributed by atoms with Crippen LogP contribution in [0.2, 0.25) is 0 Å². The highest BCUT2D eigenvalue weighted by Gasteiger charge is 2.29. The molecule has 3 aromatic rings. The highest BCUT2D eigenvalue weighted by Crippen LogP contribution is 2.26. The lowest BCUT2D eigenvalue weighted by Crippen LogP contribution is -2.49. The van der Waals surface area contributed by atoms with E-state index in [1.807, 2.05) is 43.0 Å². The zero-order valence-electron chi connectivity index (χ0n) is 16.6. The molecule has 29 heavy (non-hydrogen) atoms. The number of para-hydroxylation sites is 1. The Bertz CT molecular complexity index is 1020. The van der Waals surface area contributed by atoms with Gasteiger partial charge in [-0.3, -0.25) is 4.79 Å². The lowest BCUT2D eigenvalue weighted by Gasteiger charge is -2.38.